The van der Waals surface area contributed by atoms with Crippen LogP contribution >= 0.6 is 0 Å². The summed E-state index contributed by atoms with van der Waals surface area (Å²) in [6.45, 7) is 2.51. The molecule has 6 nitrogen and oxygen atoms in total. The number of piperidine rings is 1. The molecule has 130 valence electrons. The van der Waals surface area contributed by atoms with E-state index < -0.39 is 0 Å². The van der Waals surface area contributed by atoms with E-state index in [1.54, 1.807) is 0 Å². The fourth-order valence-corrected chi connectivity index (χ4v) is 3.70. The molecule has 2 fully saturated rings. The minimum Gasteiger partial charge on any atom is -0.454 e. The van der Waals surface area contributed by atoms with Gasteiger partial charge in [0.25, 0.3) is 0 Å². The average molecular weight is 332 g/mol. The lowest BCUT2D eigenvalue weighted by Crippen LogP contribution is -2.47. The van der Waals surface area contributed by atoms with Crippen LogP contribution in [0, 0.1) is 5.92 Å². The number of fused-ring (bicyclic) bond motifs is 1. The Morgan fingerprint density at radius 2 is 2.17 bits per heavy atom. The molecule has 1 aromatic carbocycles. The van der Waals surface area contributed by atoms with Gasteiger partial charge in [-0.1, -0.05) is 6.07 Å². The third kappa shape index (κ3) is 2.90. The molecule has 6 heteroatoms. The van der Waals surface area contributed by atoms with E-state index in [2.05, 4.69) is 11.4 Å². The van der Waals surface area contributed by atoms with Crippen LogP contribution < -0.4 is 14.8 Å². The lowest BCUT2D eigenvalue weighted by Gasteiger charge is -2.32. The van der Waals surface area contributed by atoms with Gasteiger partial charge in [-0.15, -0.1) is 0 Å². The lowest BCUT2D eigenvalue weighted by atomic mass is 9.95. The number of amides is 2. The van der Waals surface area contributed by atoms with E-state index in [0.29, 0.717) is 13.1 Å². The molecule has 4 rings (SSSR count). The number of likely N-dealkylation sites (tertiary alicyclic amines) is 1. The van der Waals surface area contributed by atoms with Crippen molar-refractivity contribution < 1.29 is 19.4 Å². The van der Waals surface area contributed by atoms with Crippen LogP contribution in [-0.4, -0.2) is 49.1 Å². The Labute approximate surface area is 141 Å². The van der Waals surface area contributed by atoms with E-state index in [4.69, 9.17) is 9.47 Å². The van der Waals surface area contributed by atoms with Crippen LogP contribution in [0.15, 0.2) is 18.2 Å². The standard InChI is InChI=1S/C18H24N2O4/c21-10-13-2-1-7-20(9-13)17(22)19-11-18(5-6-18)14-3-4-15-16(8-14)24-12-23-15/h3-4,8,13,21H,1-2,5-7,9-12H2,(H,19,22). The Balaban J connectivity index is 1.37. The second-order valence-corrected chi connectivity index (χ2v) is 7.14. The maximum Gasteiger partial charge on any atom is 0.317 e. The summed E-state index contributed by atoms with van der Waals surface area (Å²) in [6.07, 6.45) is 4.12. The number of aliphatic hydroxyl groups is 1. The van der Waals surface area contributed by atoms with Gasteiger partial charge >= 0.3 is 6.03 Å². The fraction of sp³-hybridized carbons (Fsp3) is 0.611. The van der Waals surface area contributed by atoms with Gasteiger partial charge in [-0.2, -0.15) is 0 Å². The van der Waals surface area contributed by atoms with E-state index in [1.807, 2.05) is 17.0 Å². The molecule has 0 aromatic heterocycles. The molecule has 0 radical (unpaired) electrons. The maximum atomic E-state index is 12.4. The maximum absolute atomic E-state index is 12.4. The molecule has 1 saturated heterocycles. The molecular weight excluding hydrogens is 308 g/mol. The minimum atomic E-state index is -0.0137. The highest BCUT2D eigenvalue weighted by molar-refractivity contribution is 5.74. The average Bonchev–Trinajstić information content (AvgIpc) is 3.28. The molecule has 24 heavy (non-hydrogen) atoms. The smallest absolute Gasteiger partial charge is 0.317 e. The molecule has 2 aliphatic heterocycles. The number of nitrogens with zero attached hydrogens (tertiary/aromatic N) is 1. The molecule has 2 heterocycles. The lowest BCUT2D eigenvalue weighted by molar-refractivity contribution is 0.129. The molecule has 2 N–H and O–H groups in total. The number of rotatable bonds is 4. The largest absolute Gasteiger partial charge is 0.454 e. The summed E-state index contributed by atoms with van der Waals surface area (Å²) in [5.41, 5.74) is 1.24. The first kappa shape index (κ1) is 15.6. The Morgan fingerprint density at radius 1 is 1.33 bits per heavy atom. The number of ether oxygens (including phenoxy) is 2. The van der Waals surface area contributed by atoms with Gasteiger partial charge in [0, 0.05) is 31.7 Å². The Morgan fingerprint density at radius 3 is 2.96 bits per heavy atom. The second-order valence-electron chi connectivity index (χ2n) is 7.14. The summed E-state index contributed by atoms with van der Waals surface area (Å²) < 4.78 is 10.8. The molecule has 2 amide bonds. The van der Waals surface area contributed by atoms with Gasteiger partial charge in [-0.05, 0) is 49.3 Å². The predicted molar refractivity (Wildman–Crippen MR) is 88.3 cm³/mol. The number of hydrogen-bond acceptors (Lipinski definition) is 4. The Hall–Kier alpha value is -1.95. The summed E-state index contributed by atoms with van der Waals surface area (Å²) in [5.74, 6) is 1.81. The first-order valence-corrected chi connectivity index (χ1v) is 8.74. The molecular formula is C18H24N2O4. The van der Waals surface area contributed by atoms with Crippen LogP contribution in [0.1, 0.15) is 31.2 Å². The Bertz CT molecular complexity index is 629. The van der Waals surface area contributed by atoms with Crippen molar-refractivity contribution in [3.8, 4) is 11.5 Å². The SMILES string of the molecule is O=C(NCC1(c2ccc3c(c2)OCO3)CC1)N1CCCC(CO)C1. The summed E-state index contributed by atoms with van der Waals surface area (Å²) in [5, 5.41) is 12.4. The van der Waals surface area contributed by atoms with Crippen LogP contribution in [0.4, 0.5) is 4.79 Å². The van der Waals surface area contributed by atoms with Crippen LogP contribution in [0.2, 0.25) is 0 Å². The zero-order valence-corrected chi connectivity index (χ0v) is 13.8. The van der Waals surface area contributed by atoms with Crippen LogP contribution in [-0.2, 0) is 5.41 Å². The number of carbonyl (C=O) groups is 1. The monoisotopic (exact) mass is 332 g/mol. The van der Waals surface area contributed by atoms with E-state index in [1.165, 1.54) is 5.56 Å². The minimum absolute atomic E-state index is 0.0137. The summed E-state index contributed by atoms with van der Waals surface area (Å²) in [6, 6.07) is 6.07. The van der Waals surface area contributed by atoms with Crippen molar-refractivity contribution in [2.24, 2.45) is 5.92 Å². The molecule has 0 spiro atoms. The summed E-state index contributed by atoms with van der Waals surface area (Å²) >= 11 is 0. The van der Waals surface area contributed by atoms with Crippen molar-refractivity contribution in [2.45, 2.75) is 31.1 Å². The van der Waals surface area contributed by atoms with E-state index in [0.717, 1.165) is 43.7 Å². The van der Waals surface area contributed by atoms with Gasteiger partial charge in [-0.25, -0.2) is 4.79 Å². The highest BCUT2D eigenvalue weighted by Gasteiger charge is 2.45. The zero-order valence-electron chi connectivity index (χ0n) is 13.8. The quantitative estimate of drug-likeness (QED) is 0.883. The number of aliphatic hydroxyl groups excluding tert-OH is 1. The zero-order chi connectivity index (χ0) is 16.6. The van der Waals surface area contributed by atoms with Crippen molar-refractivity contribution in [2.75, 3.05) is 33.0 Å². The molecule has 3 aliphatic rings. The van der Waals surface area contributed by atoms with Crippen LogP contribution in [0.3, 0.4) is 0 Å². The van der Waals surface area contributed by atoms with Crippen molar-refractivity contribution in [1.82, 2.24) is 10.2 Å². The summed E-state index contributed by atoms with van der Waals surface area (Å²) in [7, 11) is 0. The summed E-state index contributed by atoms with van der Waals surface area (Å²) in [4.78, 5) is 14.3. The first-order valence-electron chi connectivity index (χ1n) is 8.74. The van der Waals surface area contributed by atoms with Crippen molar-refractivity contribution >= 4 is 6.03 Å². The van der Waals surface area contributed by atoms with Crippen molar-refractivity contribution in [1.29, 1.82) is 0 Å². The van der Waals surface area contributed by atoms with Crippen LogP contribution in [0.25, 0.3) is 0 Å². The van der Waals surface area contributed by atoms with Gasteiger partial charge in [0.1, 0.15) is 0 Å². The Kier molecular flexibility index (Phi) is 4.00. The predicted octanol–water partition coefficient (Wildman–Crippen LogP) is 1.86. The normalized spacial score (nSPS) is 23.9. The fourth-order valence-electron chi connectivity index (χ4n) is 3.70. The number of nitrogens with one attached hydrogen (secondary N) is 1. The molecule has 1 saturated carbocycles. The highest BCUT2D eigenvalue weighted by Crippen LogP contribution is 2.49. The number of carbonyl (C=O) groups excluding carboxylic acids is 1. The molecule has 1 atom stereocenters. The van der Waals surface area contributed by atoms with Gasteiger partial charge in [-0.3, -0.25) is 0 Å². The van der Waals surface area contributed by atoms with E-state index in [9.17, 15) is 9.90 Å². The molecule has 1 aliphatic carbocycles. The van der Waals surface area contributed by atoms with Crippen molar-refractivity contribution in [3.63, 3.8) is 0 Å². The van der Waals surface area contributed by atoms with E-state index >= 15 is 0 Å². The topological polar surface area (TPSA) is 71.0 Å². The third-order valence-corrected chi connectivity index (χ3v) is 5.48. The molecule has 0 bridgehead atoms. The van der Waals surface area contributed by atoms with Crippen molar-refractivity contribution in [3.05, 3.63) is 23.8 Å². The van der Waals surface area contributed by atoms with Crippen LogP contribution in [0.5, 0.6) is 11.5 Å². The number of hydrogen-bond donors (Lipinski definition) is 2. The first-order chi connectivity index (χ1) is 11.7. The molecule has 1 aromatic rings. The van der Waals surface area contributed by atoms with Gasteiger partial charge in [0.2, 0.25) is 6.79 Å². The van der Waals surface area contributed by atoms with Gasteiger partial charge in [0.15, 0.2) is 11.5 Å². The molecule has 1 unspecified atom stereocenters. The second kappa shape index (κ2) is 6.16. The van der Waals surface area contributed by atoms with E-state index in [-0.39, 0.29) is 30.8 Å². The third-order valence-electron chi connectivity index (χ3n) is 5.48. The highest BCUT2D eigenvalue weighted by atomic mass is 16.7. The number of benzene rings is 1. The number of urea groups is 1. The van der Waals surface area contributed by atoms with Gasteiger partial charge in [0.05, 0.1) is 0 Å². The van der Waals surface area contributed by atoms with Gasteiger partial charge < -0.3 is 24.8 Å².